The summed E-state index contributed by atoms with van der Waals surface area (Å²) in [7, 11) is 0. The van der Waals surface area contributed by atoms with Crippen LogP contribution in [-0.2, 0) is 4.79 Å². The molecule has 0 fully saturated rings. The van der Waals surface area contributed by atoms with Crippen molar-refractivity contribution in [3.05, 3.63) is 34.3 Å². The number of benzene rings is 1. The van der Waals surface area contributed by atoms with Gasteiger partial charge in [-0.1, -0.05) is 28.1 Å². The smallest absolute Gasteiger partial charge is 0.292 e. The molecule has 0 saturated carbocycles. The third-order valence-electron chi connectivity index (χ3n) is 1.78. The van der Waals surface area contributed by atoms with Crippen molar-refractivity contribution in [2.45, 2.75) is 26.3 Å². The molecule has 0 aliphatic heterocycles. The number of amides is 1. The van der Waals surface area contributed by atoms with Crippen molar-refractivity contribution >= 4 is 27.6 Å². The SMILES string of the molecule is CC(C)(C)NC(=O)C(=O)c1cccc(Br)c1. The first-order chi connectivity index (χ1) is 7.29. The Hall–Kier alpha value is -1.16. The normalized spacial score (nSPS) is 11.0. The largest absolute Gasteiger partial charge is 0.345 e. The third-order valence-corrected chi connectivity index (χ3v) is 2.27. The average molecular weight is 284 g/mol. The first-order valence-electron chi connectivity index (χ1n) is 4.92. The van der Waals surface area contributed by atoms with Gasteiger partial charge in [-0.3, -0.25) is 9.59 Å². The molecule has 16 heavy (non-hydrogen) atoms. The fourth-order valence-corrected chi connectivity index (χ4v) is 1.56. The maximum Gasteiger partial charge on any atom is 0.292 e. The van der Waals surface area contributed by atoms with Crippen molar-refractivity contribution < 1.29 is 9.59 Å². The molecule has 0 saturated heterocycles. The lowest BCUT2D eigenvalue weighted by Gasteiger charge is -2.19. The highest BCUT2D eigenvalue weighted by Gasteiger charge is 2.21. The number of ketones is 1. The molecule has 0 atom stereocenters. The molecule has 0 aliphatic rings. The van der Waals surface area contributed by atoms with Crippen LogP contribution in [0.3, 0.4) is 0 Å². The summed E-state index contributed by atoms with van der Waals surface area (Å²) in [5.74, 6) is -1.10. The fraction of sp³-hybridized carbons (Fsp3) is 0.333. The summed E-state index contributed by atoms with van der Waals surface area (Å²) < 4.78 is 0.780. The Labute approximate surface area is 103 Å². The summed E-state index contributed by atoms with van der Waals surface area (Å²) in [4.78, 5) is 23.3. The van der Waals surface area contributed by atoms with Crippen LogP contribution in [0, 0.1) is 0 Å². The third kappa shape index (κ3) is 3.77. The van der Waals surface area contributed by atoms with E-state index in [4.69, 9.17) is 0 Å². The van der Waals surface area contributed by atoms with E-state index in [2.05, 4.69) is 21.2 Å². The van der Waals surface area contributed by atoms with Crippen LogP contribution in [0.5, 0.6) is 0 Å². The van der Waals surface area contributed by atoms with Gasteiger partial charge in [-0.25, -0.2) is 0 Å². The van der Waals surface area contributed by atoms with E-state index in [1.807, 2.05) is 20.8 Å². The number of hydrogen-bond donors (Lipinski definition) is 1. The van der Waals surface area contributed by atoms with E-state index >= 15 is 0 Å². The minimum absolute atomic E-state index is 0.385. The zero-order valence-electron chi connectivity index (χ0n) is 9.50. The van der Waals surface area contributed by atoms with Crippen molar-refractivity contribution in [1.82, 2.24) is 5.32 Å². The van der Waals surface area contributed by atoms with Gasteiger partial charge in [-0.2, -0.15) is 0 Å². The molecule has 1 N–H and O–H groups in total. The van der Waals surface area contributed by atoms with E-state index in [0.717, 1.165) is 4.47 Å². The molecule has 4 heteroatoms. The highest BCUT2D eigenvalue weighted by Crippen LogP contribution is 2.12. The first-order valence-corrected chi connectivity index (χ1v) is 5.71. The van der Waals surface area contributed by atoms with Crippen molar-refractivity contribution in [3.8, 4) is 0 Å². The van der Waals surface area contributed by atoms with Crippen molar-refractivity contribution in [1.29, 1.82) is 0 Å². The van der Waals surface area contributed by atoms with E-state index in [1.54, 1.807) is 24.3 Å². The summed E-state index contributed by atoms with van der Waals surface area (Å²) in [5, 5.41) is 2.63. The van der Waals surface area contributed by atoms with Gasteiger partial charge in [0.25, 0.3) is 5.91 Å². The molecule has 0 bridgehead atoms. The Morgan fingerprint density at radius 1 is 1.25 bits per heavy atom. The van der Waals surface area contributed by atoms with Gasteiger partial charge in [0.15, 0.2) is 0 Å². The number of rotatable bonds is 2. The number of halogens is 1. The number of carbonyl (C=O) groups excluding carboxylic acids is 2. The second kappa shape index (κ2) is 4.78. The minimum atomic E-state index is -0.578. The van der Waals surface area contributed by atoms with E-state index in [1.165, 1.54) is 0 Å². The highest BCUT2D eigenvalue weighted by molar-refractivity contribution is 9.10. The Bertz CT molecular complexity index is 421. The molecule has 0 aliphatic carbocycles. The Kier molecular flexibility index (Phi) is 3.86. The molecule has 0 radical (unpaired) electrons. The molecule has 1 amide bonds. The van der Waals surface area contributed by atoms with Gasteiger partial charge in [0.05, 0.1) is 0 Å². The van der Waals surface area contributed by atoms with Gasteiger partial charge >= 0.3 is 0 Å². The minimum Gasteiger partial charge on any atom is -0.345 e. The standard InChI is InChI=1S/C12H14BrNO2/c1-12(2,3)14-11(16)10(15)8-5-4-6-9(13)7-8/h4-7H,1-3H3,(H,14,16). The molecule has 1 aromatic rings. The van der Waals surface area contributed by atoms with Gasteiger partial charge in [0.2, 0.25) is 5.78 Å². The maximum atomic E-state index is 11.7. The first kappa shape index (κ1) is 12.9. The number of nitrogens with one attached hydrogen (secondary N) is 1. The van der Waals surface area contributed by atoms with Crippen LogP contribution in [0.15, 0.2) is 28.7 Å². The summed E-state index contributed by atoms with van der Waals surface area (Å²) >= 11 is 3.26. The predicted octanol–water partition coefficient (Wildman–Crippen LogP) is 2.55. The van der Waals surface area contributed by atoms with Crippen LogP contribution >= 0.6 is 15.9 Å². The number of Topliss-reactive ketones (excluding diaryl/α,β-unsaturated/α-hetero) is 1. The second-order valence-electron chi connectivity index (χ2n) is 4.54. The number of carbonyl (C=O) groups is 2. The maximum absolute atomic E-state index is 11.7. The molecule has 86 valence electrons. The quantitative estimate of drug-likeness (QED) is 0.670. The summed E-state index contributed by atoms with van der Waals surface area (Å²) in [6.07, 6.45) is 0. The van der Waals surface area contributed by atoms with Crippen LogP contribution in [0.4, 0.5) is 0 Å². The molecule has 0 heterocycles. The monoisotopic (exact) mass is 283 g/mol. The predicted molar refractivity (Wildman–Crippen MR) is 66.4 cm³/mol. The molecule has 3 nitrogen and oxygen atoms in total. The van der Waals surface area contributed by atoms with Crippen LogP contribution in [0.2, 0.25) is 0 Å². The Morgan fingerprint density at radius 2 is 1.88 bits per heavy atom. The molecule has 0 unspecified atom stereocenters. The lowest BCUT2D eigenvalue weighted by Crippen LogP contribution is -2.44. The van der Waals surface area contributed by atoms with E-state index in [-0.39, 0.29) is 0 Å². The van der Waals surface area contributed by atoms with Gasteiger partial charge in [0.1, 0.15) is 0 Å². The fourth-order valence-electron chi connectivity index (χ4n) is 1.16. The molecular formula is C12H14BrNO2. The van der Waals surface area contributed by atoms with Crippen molar-refractivity contribution in [3.63, 3.8) is 0 Å². The van der Waals surface area contributed by atoms with E-state index in [9.17, 15) is 9.59 Å². The molecule has 1 rings (SSSR count). The zero-order valence-corrected chi connectivity index (χ0v) is 11.1. The van der Waals surface area contributed by atoms with Gasteiger partial charge in [-0.05, 0) is 32.9 Å². The summed E-state index contributed by atoms with van der Waals surface area (Å²) in [5.41, 5.74) is -0.0187. The molecular weight excluding hydrogens is 270 g/mol. The second-order valence-corrected chi connectivity index (χ2v) is 5.46. The molecule has 0 spiro atoms. The van der Waals surface area contributed by atoms with Crippen LogP contribution < -0.4 is 5.32 Å². The Morgan fingerprint density at radius 3 is 2.38 bits per heavy atom. The topological polar surface area (TPSA) is 46.2 Å². The van der Waals surface area contributed by atoms with E-state index in [0.29, 0.717) is 5.56 Å². The summed E-state index contributed by atoms with van der Waals surface area (Å²) in [6, 6.07) is 6.78. The lowest BCUT2D eigenvalue weighted by molar-refractivity contribution is -0.118. The van der Waals surface area contributed by atoms with Crippen LogP contribution in [0.25, 0.3) is 0 Å². The Balaban J connectivity index is 2.83. The van der Waals surface area contributed by atoms with E-state index < -0.39 is 17.2 Å². The van der Waals surface area contributed by atoms with Gasteiger partial charge in [0, 0.05) is 15.6 Å². The van der Waals surface area contributed by atoms with Crippen LogP contribution in [0.1, 0.15) is 31.1 Å². The highest BCUT2D eigenvalue weighted by atomic mass is 79.9. The van der Waals surface area contributed by atoms with Gasteiger partial charge < -0.3 is 5.32 Å². The summed E-state index contributed by atoms with van der Waals surface area (Å²) in [6.45, 7) is 5.50. The van der Waals surface area contributed by atoms with Crippen molar-refractivity contribution in [2.24, 2.45) is 0 Å². The van der Waals surface area contributed by atoms with Crippen molar-refractivity contribution in [2.75, 3.05) is 0 Å². The zero-order chi connectivity index (χ0) is 12.3. The molecule has 0 aromatic heterocycles. The number of hydrogen-bond acceptors (Lipinski definition) is 2. The van der Waals surface area contributed by atoms with Gasteiger partial charge in [-0.15, -0.1) is 0 Å². The molecule has 1 aromatic carbocycles. The average Bonchev–Trinajstić information content (AvgIpc) is 2.14. The van der Waals surface area contributed by atoms with Crippen LogP contribution in [-0.4, -0.2) is 17.2 Å². The lowest BCUT2D eigenvalue weighted by atomic mass is 10.1.